The molecule has 3 nitrogen and oxygen atoms in total. The Bertz CT molecular complexity index is 489. The van der Waals surface area contributed by atoms with E-state index in [1.165, 1.54) is 12.8 Å². The van der Waals surface area contributed by atoms with Crippen LogP contribution in [0.2, 0.25) is 0 Å². The lowest BCUT2D eigenvalue weighted by Crippen LogP contribution is -2.18. The summed E-state index contributed by atoms with van der Waals surface area (Å²) in [6.07, 6.45) is 5.17. The maximum atomic E-state index is 10.7. The number of phenolic OH excluding ortho intramolecular Hbond substituents is 1. The van der Waals surface area contributed by atoms with Gasteiger partial charge in [-0.2, -0.15) is 0 Å². The Hall–Kier alpha value is -1.51. The van der Waals surface area contributed by atoms with Crippen LogP contribution in [0.1, 0.15) is 69.6 Å². The minimum Gasteiger partial charge on any atom is -0.507 e. The van der Waals surface area contributed by atoms with Crippen molar-refractivity contribution in [2.24, 2.45) is 0 Å². The van der Waals surface area contributed by atoms with Gasteiger partial charge < -0.3 is 10.2 Å². The van der Waals surface area contributed by atoms with Crippen LogP contribution < -0.4 is 0 Å². The molecule has 0 spiro atoms. The smallest absolute Gasteiger partial charge is 0.303 e. The Morgan fingerprint density at radius 2 is 1.90 bits per heavy atom. The Labute approximate surface area is 128 Å². The Morgan fingerprint density at radius 1 is 1.24 bits per heavy atom. The van der Waals surface area contributed by atoms with E-state index in [0.29, 0.717) is 12.2 Å². The zero-order valence-corrected chi connectivity index (χ0v) is 13.7. The molecule has 0 saturated carbocycles. The van der Waals surface area contributed by atoms with Crippen LogP contribution in [0.3, 0.4) is 0 Å². The van der Waals surface area contributed by atoms with Gasteiger partial charge >= 0.3 is 5.97 Å². The molecule has 0 fully saturated rings. The summed E-state index contributed by atoms with van der Waals surface area (Å²) in [5, 5.41) is 19.2. The number of rotatable bonds is 8. The standard InChI is InChI=1S/C18H28O3/c1-5-6-7-10-18(3,4)15-12-14(8-9-16(19)20)11-13(2)17(15)21/h11-12,21H,5-10H2,1-4H3,(H,19,20). The van der Waals surface area contributed by atoms with E-state index in [2.05, 4.69) is 20.8 Å². The maximum absolute atomic E-state index is 10.7. The van der Waals surface area contributed by atoms with Crippen LogP contribution in [0.5, 0.6) is 5.75 Å². The number of benzene rings is 1. The van der Waals surface area contributed by atoms with E-state index in [9.17, 15) is 9.90 Å². The van der Waals surface area contributed by atoms with Crippen LogP contribution in [0.4, 0.5) is 0 Å². The van der Waals surface area contributed by atoms with Crippen molar-refractivity contribution in [1.29, 1.82) is 0 Å². The van der Waals surface area contributed by atoms with Gasteiger partial charge in [-0.1, -0.05) is 52.2 Å². The van der Waals surface area contributed by atoms with Gasteiger partial charge in [0, 0.05) is 12.0 Å². The molecular weight excluding hydrogens is 264 g/mol. The second-order valence-electron chi connectivity index (χ2n) is 6.54. The second-order valence-corrected chi connectivity index (χ2v) is 6.54. The first-order valence-corrected chi connectivity index (χ1v) is 7.82. The largest absolute Gasteiger partial charge is 0.507 e. The van der Waals surface area contributed by atoms with Crippen LogP contribution in [0.15, 0.2) is 12.1 Å². The van der Waals surface area contributed by atoms with Crippen LogP contribution in [-0.4, -0.2) is 16.2 Å². The minimum atomic E-state index is -0.788. The Kier molecular flexibility index (Phi) is 6.25. The van der Waals surface area contributed by atoms with Crippen LogP contribution in [0, 0.1) is 6.92 Å². The average Bonchev–Trinajstić information content (AvgIpc) is 2.39. The first-order valence-electron chi connectivity index (χ1n) is 7.82. The molecule has 0 heterocycles. The summed E-state index contributed by atoms with van der Waals surface area (Å²) in [5.74, 6) is -0.431. The molecule has 0 saturated heterocycles. The molecule has 0 radical (unpaired) electrons. The molecular formula is C18H28O3. The molecule has 0 unspecified atom stereocenters. The number of unbranched alkanes of at least 4 members (excludes halogenated alkanes) is 2. The first kappa shape index (κ1) is 17.5. The van der Waals surface area contributed by atoms with E-state index in [1.807, 2.05) is 19.1 Å². The SMILES string of the molecule is CCCCCC(C)(C)c1cc(CCC(=O)O)cc(C)c1O. The Balaban J connectivity index is 3.00. The summed E-state index contributed by atoms with van der Waals surface area (Å²) in [4.78, 5) is 10.7. The first-order chi connectivity index (χ1) is 9.77. The molecule has 3 heteroatoms. The van der Waals surface area contributed by atoms with E-state index in [4.69, 9.17) is 5.11 Å². The van der Waals surface area contributed by atoms with E-state index in [0.717, 1.165) is 29.5 Å². The fourth-order valence-corrected chi connectivity index (χ4v) is 2.72. The molecule has 1 aromatic rings. The molecule has 0 bridgehead atoms. The lowest BCUT2D eigenvalue weighted by molar-refractivity contribution is -0.136. The van der Waals surface area contributed by atoms with Crippen molar-refractivity contribution in [2.45, 2.75) is 71.6 Å². The summed E-state index contributed by atoms with van der Waals surface area (Å²) >= 11 is 0. The molecule has 118 valence electrons. The van der Waals surface area contributed by atoms with Gasteiger partial charge in [0.05, 0.1) is 0 Å². The number of aliphatic carboxylic acids is 1. The summed E-state index contributed by atoms with van der Waals surface area (Å²) in [7, 11) is 0. The molecule has 0 aromatic heterocycles. The lowest BCUT2D eigenvalue weighted by Gasteiger charge is -2.27. The number of aromatic hydroxyl groups is 1. The van der Waals surface area contributed by atoms with Crippen molar-refractivity contribution >= 4 is 5.97 Å². The van der Waals surface area contributed by atoms with Gasteiger partial charge in [0.2, 0.25) is 0 Å². The zero-order chi connectivity index (χ0) is 16.0. The number of aryl methyl sites for hydroxylation is 2. The number of carbonyl (C=O) groups is 1. The van der Waals surface area contributed by atoms with E-state index >= 15 is 0 Å². The van der Waals surface area contributed by atoms with Crippen molar-refractivity contribution in [3.8, 4) is 5.75 Å². The predicted octanol–water partition coefficient (Wildman–Crippen LogP) is 4.58. The van der Waals surface area contributed by atoms with Gasteiger partial charge in [-0.25, -0.2) is 0 Å². The van der Waals surface area contributed by atoms with Gasteiger partial charge in [-0.3, -0.25) is 4.79 Å². The molecule has 1 rings (SSSR count). The molecule has 0 aliphatic carbocycles. The van der Waals surface area contributed by atoms with Gasteiger partial charge in [0.1, 0.15) is 5.75 Å². The van der Waals surface area contributed by atoms with Gasteiger partial charge in [-0.05, 0) is 36.3 Å². The van der Waals surface area contributed by atoms with Gasteiger partial charge in [-0.15, -0.1) is 0 Å². The van der Waals surface area contributed by atoms with Crippen LogP contribution >= 0.6 is 0 Å². The van der Waals surface area contributed by atoms with Crippen LogP contribution in [0.25, 0.3) is 0 Å². The molecule has 21 heavy (non-hydrogen) atoms. The highest BCUT2D eigenvalue weighted by atomic mass is 16.4. The zero-order valence-electron chi connectivity index (χ0n) is 13.7. The van der Waals surface area contributed by atoms with E-state index < -0.39 is 5.97 Å². The van der Waals surface area contributed by atoms with Gasteiger partial charge in [0.25, 0.3) is 0 Å². The second kappa shape index (κ2) is 7.48. The van der Waals surface area contributed by atoms with Crippen molar-refractivity contribution in [3.05, 3.63) is 28.8 Å². The number of phenols is 1. The van der Waals surface area contributed by atoms with Crippen molar-refractivity contribution in [1.82, 2.24) is 0 Å². The fourth-order valence-electron chi connectivity index (χ4n) is 2.72. The monoisotopic (exact) mass is 292 g/mol. The summed E-state index contributed by atoms with van der Waals surface area (Å²) in [6, 6.07) is 3.88. The van der Waals surface area contributed by atoms with E-state index in [-0.39, 0.29) is 11.8 Å². The van der Waals surface area contributed by atoms with Gasteiger partial charge in [0.15, 0.2) is 0 Å². The van der Waals surface area contributed by atoms with Crippen LogP contribution in [-0.2, 0) is 16.6 Å². The number of hydrogen-bond donors (Lipinski definition) is 2. The topological polar surface area (TPSA) is 57.5 Å². The van der Waals surface area contributed by atoms with Crippen molar-refractivity contribution < 1.29 is 15.0 Å². The minimum absolute atomic E-state index is 0.0940. The molecule has 1 aromatic carbocycles. The third-order valence-corrected chi connectivity index (χ3v) is 4.12. The highest BCUT2D eigenvalue weighted by Gasteiger charge is 2.25. The summed E-state index contributed by atoms with van der Waals surface area (Å²) in [5.41, 5.74) is 2.67. The lowest BCUT2D eigenvalue weighted by atomic mass is 9.78. The van der Waals surface area contributed by atoms with Crippen molar-refractivity contribution in [2.75, 3.05) is 0 Å². The quantitative estimate of drug-likeness (QED) is 0.690. The molecule has 0 aliphatic rings. The third-order valence-electron chi connectivity index (χ3n) is 4.12. The average molecular weight is 292 g/mol. The maximum Gasteiger partial charge on any atom is 0.303 e. The predicted molar refractivity (Wildman–Crippen MR) is 86.0 cm³/mol. The number of carboxylic acids is 1. The molecule has 2 N–H and O–H groups in total. The number of hydrogen-bond acceptors (Lipinski definition) is 2. The van der Waals surface area contributed by atoms with Crippen molar-refractivity contribution in [3.63, 3.8) is 0 Å². The Morgan fingerprint density at radius 3 is 2.48 bits per heavy atom. The summed E-state index contributed by atoms with van der Waals surface area (Å²) in [6.45, 7) is 8.36. The fraction of sp³-hybridized carbons (Fsp3) is 0.611. The molecule has 0 aliphatic heterocycles. The number of carboxylic acid groups (broad SMARTS) is 1. The summed E-state index contributed by atoms with van der Waals surface area (Å²) < 4.78 is 0. The normalized spacial score (nSPS) is 11.6. The third kappa shape index (κ3) is 5.07. The highest BCUT2D eigenvalue weighted by molar-refractivity contribution is 5.67. The molecule has 0 amide bonds. The van der Waals surface area contributed by atoms with E-state index in [1.54, 1.807) is 0 Å². The molecule has 0 atom stereocenters. The highest BCUT2D eigenvalue weighted by Crippen LogP contribution is 2.38.